The molecule has 1 N–H and O–H groups in total. The third-order valence-electron chi connectivity index (χ3n) is 2.42. The first-order chi connectivity index (χ1) is 6.20. The van der Waals surface area contributed by atoms with Crippen LogP contribution in [-0.4, -0.2) is 37.5 Å². The van der Waals surface area contributed by atoms with E-state index in [0.717, 1.165) is 25.8 Å². The van der Waals surface area contributed by atoms with E-state index in [-0.39, 0.29) is 5.91 Å². The molecule has 1 atom stereocenters. The molecule has 13 heavy (non-hydrogen) atoms. The molecule has 3 nitrogen and oxygen atoms in total. The summed E-state index contributed by atoms with van der Waals surface area (Å²) in [5, 5.41) is 2.89. The third kappa shape index (κ3) is 3.59. The topological polar surface area (TPSA) is 32.3 Å². The predicted molar refractivity (Wildman–Crippen MR) is 53.5 cm³/mol. The van der Waals surface area contributed by atoms with E-state index >= 15 is 0 Å². The van der Waals surface area contributed by atoms with Crippen molar-refractivity contribution in [1.82, 2.24) is 10.2 Å². The molecule has 0 aromatic rings. The summed E-state index contributed by atoms with van der Waals surface area (Å²) in [6.07, 6.45) is 6.91. The number of allylic oxidation sites excluding steroid dienone is 1. The van der Waals surface area contributed by atoms with Gasteiger partial charge in [0.2, 0.25) is 5.91 Å². The molecule has 0 saturated heterocycles. The Morgan fingerprint density at radius 3 is 3.00 bits per heavy atom. The van der Waals surface area contributed by atoms with Crippen molar-refractivity contribution < 1.29 is 4.79 Å². The lowest BCUT2D eigenvalue weighted by Crippen LogP contribution is -2.39. The van der Waals surface area contributed by atoms with Gasteiger partial charge in [0.1, 0.15) is 0 Å². The van der Waals surface area contributed by atoms with Gasteiger partial charge < -0.3 is 10.2 Å². The number of likely N-dealkylation sites (N-methyl/N-ethyl adjacent to an activating group) is 1. The minimum atomic E-state index is 0.0359. The van der Waals surface area contributed by atoms with Crippen LogP contribution in [-0.2, 0) is 4.79 Å². The number of amides is 1. The van der Waals surface area contributed by atoms with Crippen molar-refractivity contribution in [3.8, 4) is 0 Å². The molecule has 0 aromatic heterocycles. The summed E-state index contributed by atoms with van der Waals surface area (Å²) in [5.41, 5.74) is 0. The van der Waals surface area contributed by atoms with Crippen molar-refractivity contribution in [2.45, 2.75) is 25.3 Å². The van der Waals surface area contributed by atoms with Gasteiger partial charge in [0.25, 0.3) is 0 Å². The fourth-order valence-electron chi connectivity index (χ4n) is 1.48. The van der Waals surface area contributed by atoms with Crippen LogP contribution < -0.4 is 5.32 Å². The average Bonchev–Trinajstić information content (AvgIpc) is 2.17. The minimum Gasteiger partial charge on any atom is -0.351 e. The molecule has 0 fully saturated rings. The molecule has 1 heterocycles. The highest BCUT2D eigenvalue weighted by atomic mass is 16.1. The number of carbonyl (C=O) groups is 1. The van der Waals surface area contributed by atoms with E-state index < -0.39 is 0 Å². The second-order valence-electron chi connectivity index (χ2n) is 3.70. The molecular formula is C10H18N2O. The molecule has 0 spiro atoms. The maximum absolute atomic E-state index is 11.1. The minimum absolute atomic E-state index is 0.0359. The summed E-state index contributed by atoms with van der Waals surface area (Å²) < 4.78 is 0. The zero-order chi connectivity index (χ0) is 9.68. The number of nitrogens with one attached hydrogen (secondary N) is 1. The number of rotatable bonds is 1. The Balaban J connectivity index is 2.48. The summed E-state index contributed by atoms with van der Waals surface area (Å²) in [6.45, 7) is 0.760. The van der Waals surface area contributed by atoms with E-state index in [0.29, 0.717) is 6.04 Å². The molecule has 1 aliphatic heterocycles. The van der Waals surface area contributed by atoms with Crippen LogP contribution in [0.25, 0.3) is 0 Å². The normalized spacial score (nSPS) is 27.3. The Hall–Kier alpha value is -0.830. The third-order valence-corrected chi connectivity index (χ3v) is 2.42. The SMILES string of the molecule is CN(C)C1CCC/C=C\C(=O)NC1. The highest BCUT2D eigenvalue weighted by Crippen LogP contribution is 2.07. The van der Waals surface area contributed by atoms with E-state index in [4.69, 9.17) is 0 Å². The summed E-state index contributed by atoms with van der Waals surface area (Å²) in [4.78, 5) is 13.3. The van der Waals surface area contributed by atoms with E-state index in [1.165, 1.54) is 0 Å². The lowest BCUT2D eigenvalue weighted by molar-refractivity contribution is -0.116. The van der Waals surface area contributed by atoms with Gasteiger partial charge >= 0.3 is 0 Å². The van der Waals surface area contributed by atoms with Crippen molar-refractivity contribution in [2.75, 3.05) is 20.6 Å². The molecule has 1 amide bonds. The number of nitrogens with zero attached hydrogens (tertiary/aromatic N) is 1. The average molecular weight is 182 g/mol. The molecule has 0 aromatic carbocycles. The second-order valence-corrected chi connectivity index (χ2v) is 3.70. The molecule has 1 unspecified atom stereocenters. The van der Waals surface area contributed by atoms with Gasteiger partial charge in [-0.3, -0.25) is 4.79 Å². The molecule has 74 valence electrons. The largest absolute Gasteiger partial charge is 0.351 e. The Labute approximate surface area is 79.8 Å². The second kappa shape index (κ2) is 5.02. The zero-order valence-corrected chi connectivity index (χ0v) is 8.42. The molecule has 0 radical (unpaired) electrons. The van der Waals surface area contributed by atoms with Crippen LogP contribution >= 0.6 is 0 Å². The first-order valence-electron chi connectivity index (χ1n) is 4.81. The van der Waals surface area contributed by atoms with Gasteiger partial charge in [0.05, 0.1) is 0 Å². The number of hydrogen-bond acceptors (Lipinski definition) is 2. The van der Waals surface area contributed by atoms with Crippen molar-refractivity contribution >= 4 is 5.91 Å². The maximum atomic E-state index is 11.1. The van der Waals surface area contributed by atoms with E-state index in [1.54, 1.807) is 6.08 Å². The Morgan fingerprint density at radius 2 is 2.31 bits per heavy atom. The Kier molecular flexibility index (Phi) is 3.96. The van der Waals surface area contributed by atoms with Gasteiger partial charge in [0.15, 0.2) is 0 Å². The molecule has 3 heteroatoms. The van der Waals surface area contributed by atoms with Crippen LogP contribution in [0.15, 0.2) is 12.2 Å². The molecular weight excluding hydrogens is 164 g/mol. The van der Waals surface area contributed by atoms with Gasteiger partial charge in [-0.1, -0.05) is 6.08 Å². The lowest BCUT2D eigenvalue weighted by Gasteiger charge is -2.23. The van der Waals surface area contributed by atoms with Crippen molar-refractivity contribution in [2.24, 2.45) is 0 Å². The Bertz CT molecular complexity index is 199. The van der Waals surface area contributed by atoms with Gasteiger partial charge in [-0.25, -0.2) is 0 Å². The quantitative estimate of drug-likeness (QED) is 0.649. The molecule has 0 saturated carbocycles. The Morgan fingerprint density at radius 1 is 1.54 bits per heavy atom. The van der Waals surface area contributed by atoms with E-state index in [9.17, 15) is 4.79 Å². The molecule has 1 rings (SSSR count). The summed E-state index contributed by atoms with van der Waals surface area (Å²) >= 11 is 0. The van der Waals surface area contributed by atoms with Crippen LogP contribution in [0.4, 0.5) is 0 Å². The summed E-state index contributed by atoms with van der Waals surface area (Å²) in [5.74, 6) is 0.0359. The first kappa shape index (κ1) is 10.3. The van der Waals surface area contributed by atoms with Crippen molar-refractivity contribution in [3.63, 3.8) is 0 Å². The van der Waals surface area contributed by atoms with Crippen molar-refractivity contribution in [3.05, 3.63) is 12.2 Å². The molecule has 0 aliphatic carbocycles. The van der Waals surface area contributed by atoms with Gasteiger partial charge in [-0.2, -0.15) is 0 Å². The van der Waals surface area contributed by atoms with Crippen molar-refractivity contribution in [1.29, 1.82) is 0 Å². The van der Waals surface area contributed by atoms with Crippen LogP contribution in [0.2, 0.25) is 0 Å². The number of carbonyl (C=O) groups excluding carboxylic acids is 1. The number of hydrogen-bond donors (Lipinski definition) is 1. The fourth-order valence-corrected chi connectivity index (χ4v) is 1.48. The molecule has 1 aliphatic rings. The lowest BCUT2D eigenvalue weighted by atomic mass is 10.1. The summed E-state index contributed by atoms with van der Waals surface area (Å²) in [6, 6.07) is 0.476. The van der Waals surface area contributed by atoms with Crippen LogP contribution in [0.3, 0.4) is 0 Å². The zero-order valence-electron chi connectivity index (χ0n) is 8.42. The van der Waals surface area contributed by atoms with E-state index in [1.807, 2.05) is 6.08 Å². The van der Waals surface area contributed by atoms with Crippen LogP contribution in [0, 0.1) is 0 Å². The summed E-state index contributed by atoms with van der Waals surface area (Å²) in [7, 11) is 4.12. The standard InChI is InChI=1S/C10H18N2O/c1-12(2)9-6-4-3-5-7-10(13)11-8-9/h5,7,9H,3-4,6,8H2,1-2H3,(H,11,13)/b7-5-. The predicted octanol–water partition coefficient (Wildman–Crippen LogP) is 0.773. The van der Waals surface area contributed by atoms with Gasteiger partial charge in [-0.15, -0.1) is 0 Å². The smallest absolute Gasteiger partial charge is 0.243 e. The fraction of sp³-hybridized carbons (Fsp3) is 0.700. The highest BCUT2D eigenvalue weighted by molar-refractivity contribution is 5.87. The first-order valence-corrected chi connectivity index (χ1v) is 4.81. The monoisotopic (exact) mass is 182 g/mol. The van der Waals surface area contributed by atoms with Gasteiger partial charge in [-0.05, 0) is 39.4 Å². The van der Waals surface area contributed by atoms with Crippen LogP contribution in [0.5, 0.6) is 0 Å². The maximum Gasteiger partial charge on any atom is 0.243 e. The van der Waals surface area contributed by atoms with Gasteiger partial charge in [0, 0.05) is 12.6 Å². The highest BCUT2D eigenvalue weighted by Gasteiger charge is 2.12. The van der Waals surface area contributed by atoms with E-state index in [2.05, 4.69) is 24.3 Å². The van der Waals surface area contributed by atoms with Crippen LogP contribution in [0.1, 0.15) is 19.3 Å². The molecule has 0 bridgehead atoms.